The van der Waals surface area contributed by atoms with Crippen LogP contribution in [0.15, 0.2) is 59.5 Å². The van der Waals surface area contributed by atoms with Gasteiger partial charge < -0.3 is 9.88 Å². The highest BCUT2D eigenvalue weighted by Crippen LogP contribution is 2.30. The van der Waals surface area contributed by atoms with Gasteiger partial charge in [-0.15, -0.1) is 0 Å². The zero-order valence-corrected chi connectivity index (χ0v) is 19.5. The first-order valence-electron chi connectivity index (χ1n) is 11.9. The van der Waals surface area contributed by atoms with Crippen LogP contribution < -0.4 is 10.9 Å². The van der Waals surface area contributed by atoms with Gasteiger partial charge in [0.15, 0.2) is 0 Å². The Morgan fingerprint density at radius 3 is 2.65 bits per heavy atom. The Bertz CT molecular complexity index is 1410. The van der Waals surface area contributed by atoms with Crippen molar-refractivity contribution in [3.05, 3.63) is 76.5 Å². The van der Waals surface area contributed by atoms with E-state index in [1.54, 1.807) is 18.3 Å². The van der Waals surface area contributed by atoms with E-state index in [9.17, 15) is 14.0 Å². The zero-order chi connectivity index (χ0) is 23.8. The first-order valence-corrected chi connectivity index (χ1v) is 11.9. The van der Waals surface area contributed by atoms with Gasteiger partial charge in [-0.05, 0) is 42.0 Å². The second-order valence-electron chi connectivity index (χ2n) is 9.54. The molecule has 2 aromatic heterocycles. The number of para-hydroxylation sites is 1. The number of amides is 1. The summed E-state index contributed by atoms with van der Waals surface area (Å²) in [6, 6.07) is 14.2. The highest BCUT2D eigenvalue weighted by Gasteiger charge is 2.28. The first-order chi connectivity index (χ1) is 16.4. The Labute approximate surface area is 197 Å². The maximum absolute atomic E-state index is 13.5. The molecule has 0 radical (unpaired) electrons. The van der Waals surface area contributed by atoms with Crippen molar-refractivity contribution in [2.45, 2.75) is 52.2 Å². The average Bonchev–Trinajstić information content (AvgIpc) is 3.14. The summed E-state index contributed by atoms with van der Waals surface area (Å²) < 4.78 is 16.6. The molecule has 3 atom stereocenters. The third kappa shape index (κ3) is 4.11. The lowest BCUT2D eigenvalue weighted by Gasteiger charge is -2.34. The van der Waals surface area contributed by atoms with Crippen molar-refractivity contribution < 1.29 is 9.18 Å². The highest BCUT2D eigenvalue weighted by molar-refractivity contribution is 6.07. The molecule has 0 spiro atoms. The van der Waals surface area contributed by atoms with E-state index in [0.717, 1.165) is 34.7 Å². The van der Waals surface area contributed by atoms with Crippen LogP contribution >= 0.6 is 0 Å². The smallest absolute Gasteiger partial charge is 0.291 e. The van der Waals surface area contributed by atoms with E-state index < -0.39 is 0 Å². The van der Waals surface area contributed by atoms with Crippen molar-refractivity contribution in [2.24, 2.45) is 11.8 Å². The lowest BCUT2D eigenvalue weighted by molar-refractivity contribution is -0.123. The molecule has 0 bridgehead atoms. The van der Waals surface area contributed by atoms with Gasteiger partial charge in [0.2, 0.25) is 5.91 Å². The summed E-state index contributed by atoms with van der Waals surface area (Å²) in [5, 5.41) is 9.13. The van der Waals surface area contributed by atoms with Gasteiger partial charge in [-0.2, -0.15) is 5.10 Å². The summed E-state index contributed by atoms with van der Waals surface area (Å²) >= 11 is 0. The molecule has 0 saturated heterocycles. The number of hydrogen-bond acceptors (Lipinski definition) is 3. The minimum atomic E-state index is -0.309. The molecule has 0 aliphatic heterocycles. The van der Waals surface area contributed by atoms with Crippen molar-refractivity contribution in [2.75, 3.05) is 0 Å². The summed E-state index contributed by atoms with van der Waals surface area (Å²) in [6.07, 6.45) is 4.91. The number of nitrogens with one attached hydrogen (secondary N) is 1. The lowest BCUT2D eigenvalue weighted by Crippen LogP contribution is -2.45. The fourth-order valence-electron chi connectivity index (χ4n) is 5.22. The van der Waals surface area contributed by atoms with Gasteiger partial charge >= 0.3 is 0 Å². The number of carbonyl (C=O) groups excluding carboxylic acids is 1. The largest absolute Gasteiger partial charge is 0.351 e. The van der Waals surface area contributed by atoms with Crippen LogP contribution in [0.25, 0.3) is 21.8 Å². The van der Waals surface area contributed by atoms with E-state index in [4.69, 9.17) is 0 Å². The van der Waals surface area contributed by atoms with Crippen molar-refractivity contribution in [3.8, 4) is 0 Å². The molecule has 1 fully saturated rings. The van der Waals surface area contributed by atoms with E-state index in [1.807, 2.05) is 28.8 Å². The molecule has 1 saturated carbocycles. The summed E-state index contributed by atoms with van der Waals surface area (Å²) in [5.74, 6) is 0.479. The second kappa shape index (κ2) is 9.05. The molecule has 34 heavy (non-hydrogen) atoms. The number of fused-ring (bicyclic) bond motifs is 3. The third-order valence-electron chi connectivity index (χ3n) is 7.37. The van der Waals surface area contributed by atoms with Gasteiger partial charge in [0, 0.05) is 28.9 Å². The molecule has 2 heterocycles. The number of aromatic nitrogens is 3. The molecule has 1 aliphatic rings. The number of hydrogen-bond donors (Lipinski definition) is 1. The minimum Gasteiger partial charge on any atom is -0.351 e. The molecule has 5 rings (SSSR count). The summed E-state index contributed by atoms with van der Waals surface area (Å²) in [4.78, 5) is 26.4. The monoisotopic (exact) mass is 460 g/mol. The van der Waals surface area contributed by atoms with Crippen LogP contribution in [0.4, 0.5) is 4.39 Å². The molecular weight excluding hydrogens is 431 g/mol. The van der Waals surface area contributed by atoms with Crippen LogP contribution in [-0.4, -0.2) is 26.3 Å². The average molecular weight is 461 g/mol. The predicted octanol–water partition coefficient (Wildman–Crippen LogP) is 4.48. The Kier molecular flexibility index (Phi) is 5.94. The first kappa shape index (κ1) is 22.3. The zero-order valence-electron chi connectivity index (χ0n) is 19.5. The predicted molar refractivity (Wildman–Crippen MR) is 131 cm³/mol. The molecule has 6 nitrogen and oxygen atoms in total. The number of rotatable bonds is 5. The van der Waals surface area contributed by atoms with Gasteiger partial charge in [0.25, 0.3) is 5.56 Å². The third-order valence-corrected chi connectivity index (χ3v) is 7.37. The van der Waals surface area contributed by atoms with Crippen molar-refractivity contribution >= 4 is 27.7 Å². The van der Waals surface area contributed by atoms with Crippen molar-refractivity contribution in [1.82, 2.24) is 19.7 Å². The van der Waals surface area contributed by atoms with E-state index in [-0.39, 0.29) is 29.9 Å². The Hall–Kier alpha value is -3.48. The minimum absolute atomic E-state index is 0.121. The quantitative estimate of drug-likeness (QED) is 0.478. The Morgan fingerprint density at radius 2 is 1.85 bits per heavy atom. The molecule has 0 unspecified atom stereocenters. The topological polar surface area (TPSA) is 68.9 Å². The van der Waals surface area contributed by atoms with E-state index in [0.29, 0.717) is 23.9 Å². The fraction of sp³-hybridized carbons (Fsp3) is 0.370. The normalized spacial score (nSPS) is 20.6. The number of benzene rings is 2. The molecule has 176 valence electrons. The van der Waals surface area contributed by atoms with Crippen LogP contribution in [0.1, 0.15) is 38.7 Å². The second-order valence-corrected chi connectivity index (χ2v) is 9.54. The molecule has 1 aliphatic carbocycles. The van der Waals surface area contributed by atoms with Crippen LogP contribution in [0.5, 0.6) is 0 Å². The number of halogens is 1. The molecule has 7 heteroatoms. The highest BCUT2D eigenvalue weighted by atomic mass is 19.1. The van der Waals surface area contributed by atoms with E-state index in [1.165, 1.54) is 23.2 Å². The molecule has 1 N–H and O–H groups in total. The summed E-state index contributed by atoms with van der Waals surface area (Å²) in [7, 11) is 0. The van der Waals surface area contributed by atoms with Gasteiger partial charge in [0.1, 0.15) is 17.9 Å². The van der Waals surface area contributed by atoms with Crippen LogP contribution in [-0.2, 0) is 17.9 Å². The molecule has 1 amide bonds. The maximum atomic E-state index is 13.5. The molecule has 2 aromatic carbocycles. The van der Waals surface area contributed by atoms with E-state index >= 15 is 0 Å². The van der Waals surface area contributed by atoms with Gasteiger partial charge in [0.05, 0.1) is 6.20 Å². The SMILES string of the molecule is C[C@H]1[C@H](C)CCC[C@H]1NC(=O)Cn1ncc2c3ccccc3n(Cc3ccc(F)cc3)c2c1=O. The van der Waals surface area contributed by atoms with Crippen molar-refractivity contribution in [1.29, 1.82) is 0 Å². The molecule has 4 aromatic rings. The van der Waals surface area contributed by atoms with Gasteiger partial charge in [-0.1, -0.05) is 57.0 Å². The van der Waals surface area contributed by atoms with E-state index in [2.05, 4.69) is 24.3 Å². The lowest BCUT2D eigenvalue weighted by atomic mass is 9.78. The maximum Gasteiger partial charge on any atom is 0.291 e. The Morgan fingerprint density at radius 1 is 1.09 bits per heavy atom. The number of nitrogens with zero attached hydrogens (tertiary/aromatic N) is 3. The number of carbonyl (C=O) groups is 1. The summed E-state index contributed by atoms with van der Waals surface area (Å²) in [6.45, 7) is 4.69. The standard InChI is InChI=1S/C27H29FN4O2/c1-17-6-5-8-23(18(17)2)30-25(33)16-32-27(34)26-22(14-29-32)21-7-3-4-9-24(21)31(26)15-19-10-12-20(28)13-11-19/h3-4,7,9-14,17-18,23H,5-6,8,15-16H2,1-2H3,(H,30,33)/t17-,18+,23-/m1/s1. The Balaban J connectivity index is 1.50. The summed E-state index contributed by atoms with van der Waals surface area (Å²) in [5.41, 5.74) is 1.96. The van der Waals surface area contributed by atoms with Crippen LogP contribution in [0.2, 0.25) is 0 Å². The van der Waals surface area contributed by atoms with Crippen molar-refractivity contribution in [3.63, 3.8) is 0 Å². The fourth-order valence-corrected chi connectivity index (χ4v) is 5.22. The van der Waals surface area contributed by atoms with Crippen LogP contribution in [0, 0.1) is 17.7 Å². The molecular formula is C27H29FN4O2. The van der Waals surface area contributed by atoms with Crippen LogP contribution in [0.3, 0.4) is 0 Å². The van der Waals surface area contributed by atoms with Gasteiger partial charge in [-0.25, -0.2) is 9.07 Å². The van der Waals surface area contributed by atoms with Gasteiger partial charge in [-0.3, -0.25) is 9.59 Å².